The molecule has 0 saturated heterocycles. The average molecular weight is 370 g/mol. The van der Waals surface area contributed by atoms with E-state index in [2.05, 4.69) is 10.6 Å². The Kier molecular flexibility index (Phi) is 5.86. The predicted molar refractivity (Wildman–Crippen MR) is 103 cm³/mol. The quantitative estimate of drug-likeness (QED) is 0.730. The van der Waals surface area contributed by atoms with Crippen molar-refractivity contribution in [2.75, 3.05) is 20.8 Å². The van der Waals surface area contributed by atoms with Crippen molar-refractivity contribution >= 4 is 6.03 Å². The number of hydrogen-bond donors (Lipinski definition) is 3. The minimum absolute atomic E-state index is 0.167. The first kappa shape index (κ1) is 19.0. The first-order valence-electron chi connectivity index (χ1n) is 9.08. The molecule has 0 heterocycles. The summed E-state index contributed by atoms with van der Waals surface area (Å²) in [5.74, 6) is 1.56. The van der Waals surface area contributed by atoms with Gasteiger partial charge in [-0.15, -0.1) is 0 Å². The van der Waals surface area contributed by atoms with Gasteiger partial charge in [0.15, 0.2) is 0 Å². The summed E-state index contributed by atoms with van der Waals surface area (Å²) in [5.41, 5.74) is 1.85. The summed E-state index contributed by atoms with van der Waals surface area (Å²) in [5, 5.41) is 16.7. The highest BCUT2D eigenvalue weighted by molar-refractivity contribution is 5.74. The van der Waals surface area contributed by atoms with E-state index >= 15 is 0 Å². The fourth-order valence-corrected chi connectivity index (χ4v) is 3.46. The highest BCUT2D eigenvalue weighted by Gasteiger charge is 2.34. The lowest BCUT2D eigenvalue weighted by Crippen LogP contribution is -2.46. The Balaban J connectivity index is 1.57. The number of carbonyl (C=O) groups excluding carboxylic acids is 1. The molecule has 1 aliphatic carbocycles. The van der Waals surface area contributed by atoms with Crippen molar-refractivity contribution in [3.63, 3.8) is 0 Å². The number of hydrogen-bond acceptors (Lipinski definition) is 4. The standard InChI is InChI=1S/C21H26N2O4/c1-26-17-7-5-15(6-8-17)13-22-20(24)23-14-21(25)11-3-4-16-12-18(27-2)9-10-19(16)21/h5-10,12,25H,3-4,11,13-14H2,1-2H3,(H2,22,23,24). The van der Waals surface area contributed by atoms with Gasteiger partial charge in [0.2, 0.25) is 0 Å². The molecule has 1 atom stereocenters. The molecule has 0 saturated carbocycles. The number of fused-ring (bicyclic) bond motifs is 1. The van der Waals surface area contributed by atoms with Crippen LogP contribution in [0.4, 0.5) is 4.79 Å². The van der Waals surface area contributed by atoms with E-state index in [9.17, 15) is 9.90 Å². The van der Waals surface area contributed by atoms with Gasteiger partial charge in [-0.1, -0.05) is 18.2 Å². The van der Waals surface area contributed by atoms with Crippen molar-refractivity contribution in [2.24, 2.45) is 0 Å². The van der Waals surface area contributed by atoms with Gasteiger partial charge >= 0.3 is 6.03 Å². The molecule has 0 aromatic heterocycles. The number of amides is 2. The zero-order chi connectivity index (χ0) is 19.3. The fraction of sp³-hybridized carbons (Fsp3) is 0.381. The number of nitrogens with one attached hydrogen (secondary N) is 2. The molecule has 1 unspecified atom stereocenters. The maximum absolute atomic E-state index is 12.2. The van der Waals surface area contributed by atoms with Gasteiger partial charge in [0.25, 0.3) is 0 Å². The van der Waals surface area contributed by atoms with Crippen LogP contribution in [0.25, 0.3) is 0 Å². The molecule has 3 N–H and O–H groups in total. The average Bonchev–Trinajstić information content (AvgIpc) is 2.71. The smallest absolute Gasteiger partial charge is 0.315 e. The van der Waals surface area contributed by atoms with Crippen molar-refractivity contribution in [1.29, 1.82) is 0 Å². The van der Waals surface area contributed by atoms with E-state index in [1.54, 1.807) is 14.2 Å². The summed E-state index contributed by atoms with van der Waals surface area (Å²) in [6, 6.07) is 12.9. The van der Waals surface area contributed by atoms with Crippen LogP contribution in [0, 0.1) is 0 Å². The number of aryl methyl sites for hydroxylation is 1. The molecule has 0 spiro atoms. The zero-order valence-corrected chi connectivity index (χ0v) is 15.7. The molecular weight excluding hydrogens is 344 g/mol. The third kappa shape index (κ3) is 4.52. The third-order valence-corrected chi connectivity index (χ3v) is 5.00. The molecular formula is C21H26N2O4. The van der Waals surface area contributed by atoms with E-state index in [0.29, 0.717) is 13.0 Å². The van der Waals surface area contributed by atoms with E-state index in [4.69, 9.17) is 9.47 Å². The van der Waals surface area contributed by atoms with Crippen LogP contribution in [-0.4, -0.2) is 31.9 Å². The Labute approximate surface area is 159 Å². The highest BCUT2D eigenvalue weighted by Crippen LogP contribution is 2.36. The molecule has 144 valence electrons. The lowest BCUT2D eigenvalue weighted by atomic mass is 9.79. The van der Waals surface area contributed by atoms with Crippen LogP contribution in [0.3, 0.4) is 0 Å². The molecule has 0 radical (unpaired) electrons. The second kappa shape index (κ2) is 8.31. The number of aliphatic hydroxyl groups is 1. The largest absolute Gasteiger partial charge is 0.497 e. The van der Waals surface area contributed by atoms with E-state index in [-0.39, 0.29) is 12.6 Å². The predicted octanol–water partition coefficient (Wildman–Crippen LogP) is 2.73. The van der Waals surface area contributed by atoms with Crippen molar-refractivity contribution < 1.29 is 19.4 Å². The summed E-state index contributed by atoms with van der Waals surface area (Å²) >= 11 is 0. The number of ether oxygens (including phenoxy) is 2. The van der Waals surface area contributed by atoms with Gasteiger partial charge in [0, 0.05) is 6.54 Å². The Hall–Kier alpha value is -2.73. The summed E-state index contributed by atoms with van der Waals surface area (Å²) in [6.45, 7) is 0.572. The van der Waals surface area contributed by atoms with Crippen LogP contribution in [-0.2, 0) is 18.6 Å². The molecule has 2 amide bonds. The van der Waals surface area contributed by atoms with Gasteiger partial charge in [0.05, 0.1) is 20.8 Å². The van der Waals surface area contributed by atoms with Gasteiger partial charge in [0.1, 0.15) is 17.1 Å². The lowest BCUT2D eigenvalue weighted by molar-refractivity contribution is 0.0216. The number of carbonyl (C=O) groups is 1. The molecule has 6 heteroatoms. The summed E-state index contributed by atoms with van der Waals surface area (Å²) in [4.78, 5) is 12.2. The summed E-state index contributed by atoms with van der Waals surface area (Å²) in [6.07, 6.45) is 2.38. The Morgan fingerprint density at radius 3 is 2.48 bits per heavy atom. The second-order valence-electron chi connectivity index (χ2n) is 6.79. The Morgan fingerprint density at radius 1 is 1.07 bits per heavy atom. The highest BCUT2D eigenvalue weighted by atomic mass is 16.5. The van der Waals surface area contributed by atoms with Crippen LogP contribution in [0.1, 0.15) is 29.5 Å². The topological polar surface area (TPSA) is 79.8 Å². The maximum atomic E-state index is 12.2. The Morgan fingerprint density at radius 2 is 1.78 bits per heavy atom. The molecule has 0 aliphatic heterocycles. The van der Waals surface area contributed by atoms with E-state index in [1.165, 1.54) is 0 Å². The lowest BCUT2D eigenvalue weighted by Gasteiger charge is -2.34. The molecule has 27 heavy (non-hydrogen) atoms. The molecule has 0 fully saturated rings. The fourth-order valence-electron chi connectivity index (χ4n) is 3.46. The van der Waals surface area contributed by atoms with Crippen molar-refractivity contribution in [3.8, 4) is 11.5 Å². The van der Waals surface area contributed by atoms with Crippen LogP contribution in [0.15, 0.2) is 42.5 Å². The molecule has 6 nitrogen and oxygen atoms in total. The zero-order valence-electron chi connectivity index (χ0n) is 15.7. The summed E-state index contributed by atoms with van der Waals surface area (Å²) in [7, 11) is 3.25. The van der Waals surface area contributed by atoms with Gasteiger partial charge in [-0.2, -0.15) is 0 Å². The number of methoxy groups -OCH3 is 2. The van der Waals surface area contributed by atoms with Crippen molar-refractivity contribution in [3.05, 3.63) is 59.2 Å². The molecule has 3 rings (SSSR count). The molecule has 2 aromatic carbocycles. The third-order valence-electron chi connectivity index (χ3n) is 5.00. The van der Waals surface area contributed by atoms with Crippen molar-refractivity contribution in [2.45, 2.75) is 31.4 Å². The SMILES string of the molecule is COc1ccc(CNC(=O)NCC2(O)CCCc3cc(OC)ccc32)cc1. The molecule has 1 aliphatic rings. The minimum Gasteiger partial charge on any atom is -0.497 e. The maximum Gasteiger partial charge on any atom is 0.315 e. The monoisotopic (exact) mass is 370 g/mol. The van der Waals surface area contributed by atoms with E-state index in [1.807, 2.05) is 42.5 Å². The first-order chi connectivity index (χ1) is 13.0. The van der Waals surface area contributed by atoms with Gasteiger partial charge in [-0.3, -0.25) is 0 Å². The normalized spacial score (nSPS) is 18.3. The number of urea groups is 1. The summed E-state index contributed by atoms with van der Waals surface area (Å²) < 4.78 is 10.4. The van der Waals surface area contributed by atoms with Crippen molar-refractivity contribution in [1.82, 2.24) is 10.6 Å². The van der Waals surface area contributed by atoms with E-state index in [0.717, 1.165) is 41.0 Å². The minimum atomic E-state index is -1.06. The molecule has 0 bridgehead atoms. The Bertz CT molecular complexity index is 791. The van der Waals surface area contributed by atoms with Crippen LogP contribution in [0.5, 0.6) is 11.5 Å². The van der Waals surface area contributed by atoms with Crippen LogP contribution < -0.4 is 20.1 Å². The van der Waals surface area contributed by atoms with Gasteiger partial charge < -0.3 is 25.2 Å². The van der Waals surface area contributed by atoms with Gasteiger partial charge in [-0.25, -0.2) is 4.79 Å². The van der Waals surface area contributed by atoms with E-state index < -0.39 is 5.60 Å². The van der Waals surface area contributed by atoms with Gasteiger partial charge in [-0.05, 0) is 60.2 Å². The first-order valence-corrected chi connectivity index (χ1v) is 9.08. The number of rotatable bonds is 6. The number of benzene rings is 2. The van der Waals surface area contributed by atoms with Crippen LogP contribution >= 0.6 is 0 Å². The molecule has 2 aromatic rings. The van der Waals surface area contributed by atoms with Crippen LogP contribution in [0.2, 0.25) is 0 Å². The second-order valence-corrected chi connectivity index (χ2v) is 6.79.